The molecule has 1 fully saturated rings. The summed E-state index contributed by atoms with van der Waals surface area (Å²) in [6.45, 7) is 4.91. The highest BCUT2D eigenvalue weighted by atomic mass is 35.5. The summed E-state index contributed by atoms with van der Waals surface area (Å²) < 4.78 is 0. The smallest absolute Gasteiger partial charge is 0.191 e. The molecule has 0 saturated carbocycles. The fourth-order valence-corrected chi connectivity index (χ4v) is 2.80. The summed E-state index contributed by atoms with van der Waals surface area (Å²) >= 11 is 6.00. The van der Waals surface area contributed by atoms with Gasteiger partial charge in [-0.15, -0.1) is 0 Å². The van der Waals surface area contributed by atoms with Crippen molar-refractivity contribution in [1.29, 1.82) is 0 Å². The molecule has 1 unspecified atom stereocenters. The van der Waals surface area contributed by atoms with Gasteiger partial charge in [-0.05, 0) is 31.8 Å². The summed E-state index contributed by atoms with van der Waals surface area (Å²) in [6, 6.07) is 8.36. The number of nitrogens with zero attached hydrogens (tertiary/aromatic N) is 3. The molecule has 2 rings (SSSR count). The van der Waals surface area contributed by atoms with Gasteiger partial charge in [0.2, 0.25) is 0 Å². The molecule has 0 amide bonds. The second-order valence-electron chi connectivity index (χ2n) is 5.83. The van der Waals surface area contributed by atoms with Crippen molar-refractivity contribution in [3.63, 3.8) is 0 Å². The van der Waals surface area contributed by atoms with Crippen LogP contribution in [0.25, 0.3) is 0 Å². The van der Waals surface area contributed by atoms with E-state index >= 15 is 0 Å². The van der Waals surface area contributed by atoms with Crippen molar-refractivity contribution in [1.82, 2.24) is 20.4 Å². The van der Waals surface area contributed by atoms with Crippen molar-refractivity contribution in [3.8, 4) is 0 Å². The van der Waals surface area contributed by atoms with E-state index in [9.17, 15) is 0 Å². The van der Waals surface area contributed by atoms with Crippen LogP contribution in [-0.2, 0) is 6.54 Å². The van der Waals surface area contributed by atoms with Crippen LogP contribution in [-0.4, -0.2) is 69.1 Å². The van der Waals surface area contributed by atoms with Crippen LogP contribution in [0.1, 0.15) is 5.56 Å². The van der Waals surface area contributed by atoms with Gasteiger partial charge in [-0.2, -0.15) is 0 Å². The number of guanidine groups is 1. The molecular formula is C16H26ClN5. The van der Waals surface area contributed by atoms with Gasteiger partial charge in [-0.25, -0.2) is 0 Å². The molecule has 0 spiro atoms. The van der Waals surface area contributed by atoms with Crippen LogP contribution in [0.3, 0.4) is 0 Å². The highest BCUT2D eigenvalue weighted by Gasteiger charge is 2.21. The van der Waals surface area contributed by atoms with Crippen molar-refractivity contribution in [3.05, 3.63) is 34.9 Å². The van der Waals surface area contributed by atoms with Crippen molar-refractivity contribution in [2.75, 3.05) is 47.3 Å². The Balaban J connectivity index is 1.80. The van der Waals surface area contributed by atoms with Crippen LogP contribution in [0.2, 0.25) is 5.02 Å². The normalized spacial score (nSPS) is 20.9. The molecule has 1 heterocycles. The van der Waals surface area contributed by atoms with Crippen molar-refractivity contribution in [2.24, 2.45) is 4.99 Å². The van der Waals surface area contributed by atoms with E-state index in [-0.39, 0.29) is 0 Å². The number of nitrogens with one attached hydrogen (secondary N) is 2. The third-order valence-electron chi connectivity index (χ3n) is 4.06. The Labute approximate surface area is 138 Å². The zero-order valence-corrected chi connectivity index (χ0v) is 14.4. The monoisotopic (exact) mass is 323 g/mol. The predicted molar refractivity (Wildman–Crippen MR) is 93.6 cm³/mol. The third kappa shape index (κ3) is 5.16. The molecule has 0 aliphatic carbocycles. The molecule has 1 aromatic rings. The largest absolute Gasteiger partial charge is 0.355 e. The average Bonchev–Trinajstić information content (AvgIpc) is 2.51. The van der Waals surface area contributed by atoms with Crippen molar-refractivity contribution in [2.45, 2.75) is 12.6 Å². The number of aliphatic imine (C=N–C) groups is 1. The zero-order valence-electron chi connectivity index (χ0n) is 13.6. The maximum absolute atomic E-state index is 6.00. The van der Waals surface area contributed by atoms with E-state index in [4.69, 9.17) is 11.6 Å². The number of likely N-dealkylation sites (N-methyl/N-ethyl adjacent to an activating group) is 2. The molecule has 1 aromatic carbocycles. The Morgan fingerprint density at radius 2 is 2.14 bits per heavy atom. The summed E-state index contributed by atoms with van der Waals surface area (Å²) in [5.74, 6) is 0.821. The van der Waals surface area contributed by atoms with Gasteiger partial charge in [-0.1, -0.05) is 23.7 Å². The van der Waals surface area contributed by atoms with Crippen LogP contribution in [0, 0.1) is 0 Å². The first kappa shape index (κ1) is 17.1. The molecule has 22 heavy (non-hydrogen) atoms. The maximum Gasteiger partial charge on any atom is 0.191 e. The fraction of sp³-hybridized carbons (Fsp3) is 0.562. The summed E-state index contributed by atoms with van der Waals surface area (Å²) in [4.78, 5) is 9.05. The molecule has 122 valence electrons. The molecule has 2 N–H and O–H groups in total. The SMILES string of the molecule is CN=C(NCc1cccc(Cl)c1)NCC1CN(C)CCN1C. The van der Waals surface area contributed by atoms with Gasteiger partial charge in [0, 0.05) is 50.8 Å². The number of hydrogen-bond acceptors (Lipinski definition) is 3. The minimum absolute atomic E-state index is 0.503. The number of rotatable bonds is 4. The van der Waals surface area contributed by atoms with E-state index in [1.54, 1.807) is 7.05 Å². The summed E-state index contributed by atoms with van der Waals surface area (Å²) in [7, 11) is 6.15. The predicted octanol–water partition coefficient (Wildman–Crippen LogP) is 1.25. The first-order valence-electron chi connectivity index (χ1n) is 7.66. The minimum atomic E-state index is 0.503. The van der Waals surface area contributed by atoms with Crippen LogP contribution < -0.4 is 10.6 Å². The molecular weight excluding hydrogens is 298 g/mol. The van der Waals surface area contributed by atoms with Crippen LogP contribution in [0.15, 0.2) is 29.3 Å². The van der Waals surface area contributed by atoms with Gasteiger partial charge in [0.05, 0.1) is 0 Å². The molecule has 5 nitrogen and oxygen atoms in total. The van der Waals surface area contributed by atoms with Gasteiger partial charge >= 0.3 is 0 Å². The Morgan fingerprint density at radius 3 is 2.86 bits per heavy atom. The van der Waals surface area contributed by atoms with Crippen molar-refractivity contribution < 1.29 is 0 Å². The van der Waals surface area contributed by atoms with E-state index in [0.717, 1.165) is 42.7 Å². The van der Waals surface area contributed by atoms with Gasteiger partial charge in [-0.3, -0.25) is 9.89 Å². The summed E-state index contributed by atoms with van der Waals surface area (Å²) in [6.07, 6.45) is 0. The maximum atomic E-state index is 6.00. The van der Waals surface area contributed by atoms with Crippen molar-refractivity contribution >= 4 is 17.6 Å². The van der Waals surface area contributed by atoms with E-state index < -0.39 is 0 Å². The lowest BCUT2D eigenvalue weighted by Crippen LogP contribution is -2.55. The second-order valence-corrected chi connectivity index (χ2v) is 6.27. The molecule has 0 bridgehead atoms. The third-order valence-corrected chi connectivity index (χ3v) is 4.29. The highest BCUT2D eigenvalue weighted by molar-refractivity contribution is 6.30. The Hall–Kier alpha value is -1.30. The van der Waals surface area contributed by atoms with E-state index in [1.165, 1.54) is 0 Å². The van der Waals surface area contributed by atoms with Gasteiger partial charge < -0.3 is 15.5 Å². The molecule has 0 aromatic heterocycles. The minimum Gasteiger partial charge on any atom is -0.355 e. The fourth-order valence-electron chi connectivity index (χ4n) is 2.59. The quantitative estimate of drug-likeness (QED) is 0.646. The number of benzene rings is 1. The van der Waals surface area contributed by atoms with E-state index in [1.807, 2.05) is 18.2 Å². The van der Waals surface area contributed by atoms with Gasteiger partial charge in [0.25, 0.3) is 0 Å². The van der Waals surface area contributed by atoms with Crippen LogP contribution >= 0.6 is 11.6 Å². The Bertz CT molecular complexity index is 505. The summed E-state index contributed by atoms with van der Waals surface area (Å²) in [5, 5.41) is 7.50. The molecule has 6 heteroatoms. The van der Waals surface area contributed by atoms with Gasteiger partial charge in [0.15, 0.2) is 5.96 Å². The number of piperazine rings is 1. The first-order chi connectivity index (χ1) is 10.6. The Morgan fingerprint density at radius 1 is 1.32 bits per heavy atom. The molecule has 1 atom stereocenters. The standard InChI is InChI=1S/C16H26ClN5/c1-18-16(19-10-13-5-4-6-14(17)9-13)20-11-15-12-21(2)7-8-22(15)3/h4-6,9,15H,7-8,10-12H2,1-3H3,(H2,18,19,20). The van der Waals surface area contributed by atoms with Crippen LogP contribution in [0.5, 0.6) is 0 Å². The Kier molecular flexibility index (Phi) is 6.49. The lowest BCUT2D eigenvalue weighted by Gasteiger charge is -2.37. The molecule has 1 aliphatic heterocycles. The molecule has 1 aliphatic rings. The lowest BCUT2D eigenvalue weighted by molar-refractivity contribution is 0.116. The van der Waals surface area contributed by atoms with E-state index in [2.05, 4.69) is 45.6 Å². The zero-order chi connectivity index (χ0) is 15.9. The van der Waals surface area contributed by atoms with E-state index in [0.29, 0.717) is 12.6 Å². The second kappa shape index (κ2) is 8.36. The lowest BCUT2D eigenvalue weighted by atomic mass is 10.2. The highest BCUT2D eigenvalue weighted by Crippen LogP contribution is 2.10. The van der Waals surface area contributed by atoms with Gasteiger partial charge in [0.1, 0.15) is 0 Å². The number of halogens is 1. The first-order valence-corrected chi connectivity index (χ1v) is 8.04. The average molecular weight is 324 g/mol. The number of hydrogen-bond donors (Lipinski definition) is 2. The van der Waals surface area contributed by atoms with Crippen LogP contribution in [0.4, 0.5) is 0 Å². The summed E-state index contributed by atoms with van der Waals surface area (Å²) in [5.41, 5.74) is 1.14. The topological polar surface area (TPSA) is 42.9 Å². The molecule has 1 saturated heterocycles. The molecule has 0 radical (unpaired) electrons.